The monoisotopic (exact) mass is 415 g/mol. The Kier molecular flexibility index (Phi) is 6.45. The van der Waals surface area contributed by atoms with Crippen molar-refractivity contribution in [2.24, 2.45) is 0 Å². The van der Waals surface area contributed by atoms with E-state index in [4.69, 9.17) is 33.0 Å². The fourth-order valence-electron chi connectivity index (χ4n) is 2.67. The van der Waals surface area contributed by atoms with Crippen LogP contribution in [0.5, 0.6) is 5.75 Å². The van der Waals surface area contributed by atoms with Crippen LogP contribution >= 0.6 is 23.2 Å². The molecule has 6 heteroatoms. The van der Waals surface area contributed by atoms with Gasteiger partial charge < -0.3 is 15.2 Å². The topological polar surface area (TPSA) is 58.6 Å². The maximum atomic E-state index is 11.1. The van der Waals surface area contributed by atoms with E-state index in [0.717, 1.165) is 16.9 Å². The third-order valence-corrected chi connectivity index (χ3v) is 4.77. The van der Waals surface area contributed by atoms with Gasteiger partial charge in [0, 0.05) is 22.8 Å². The minimum absolute atomic E-state index is 0.0668. The Morgan fingerprint density at radius 2 is 1.79 bits per heavy atom. The van der Waals surface area contributed by atoms with E-state index in [9.17, 15) is 4.79 Å². The van der Waals surface area contributed by atoms with Crippen LogP contribution in [0.3, 0.4) is 0 Å². The van der Waals surface area contributed by atoms with Crippen LogP contribution in [0.4, 0.5) is 5.69 Å². The molecule has 28 heavy (non-hydrogen) atoms. The molecule has 0 saturated carbocycles. The zero-order valence-electron chi connectivity index (χ0n) is 15.2. The van der Waals surface area contributed by atoms with Gasteiger partial charge in [0.15, 0.2) is 0 Å². The molecule has 144 valence electrons. The van der Waals surface area contributed by atoms with Gasteiger partial charge in [0.05, 0.1) is 10.6 Å². The Labute approximate surface area is 173 Å². The van der Waals surface area contributed by atoms with Gasteiger partial charge in [-0.1, -0.05) is 53.0 Å². The summed E-state index contributed by atoms with van der Waals surface area (Å²) >= 11 is 12.2. The van der Waals surface area contributed by atoms with Crippen LogP contribution in [0.15, 0.2) is 60.7 Å². The number of benzene rings is 3. The lowest BCUT2D eigenvalue weighted by atomic mass is 10.1. The van der Waals surface area contributed by atoms with Gasteiger partial charge in [0.25, 0.3) is 0 Å². The van der Waals surface area contributed by atoms with Crippen molar-refractivity contribution >= 4 is 34.9 Å². The molecule has 4 nitrogen and oxygen atoms in total. The standard InChI is InChI=1S/C22H19Cl2NO3/c1-14-2-4-15(5-3-14)13-28-21-9-6-17(23)10-16(21)12-25-18-7-8-19(22(26)27)20(24)11-18/h2-11,25H,12-13H2,1H3,(H,26,27). The van der Waals surface area contributed by atoms with E-state index in [1.165, 1.54) is 11.6 Å². The first-order valence-corrected chi connectivity index (χ1v) is 9.41. The van der Waals surface area contributed by atoms with Crippen LogP contribution in [-0.4, -0.2) is 11.1 Å². The normalized spacial score (nSPS) is 10.5. The highest BCUT2D eigenvalue weighted by molar-refractivity contribution is 6.33. The van der Waals surface area contributed by atoms with E-state index in [-0.39, 0.29) is 10.6 Å². The number of carboxylic acids is 1. The fraction of sp³-hybridized carbons (Fsp3) is 0.136. The molecule has 0 heterocycles. The molecule has 0 aliphatic rings. The smallest absolute Gasteiger partial charge is 0.337 e. The van der Waals surface area contributed by atoms with Crippen LogP contribution in [0.25, 0.3) is 0 Å². The van der Waals surface area contributed by atoms with E-state index >= 15 is 0 Å². The van der Waals surface area contributed by atoms with Gasteiger partial charge in [-0.15, -0.1) is 0 Å². The molecule has 0 aromatic heterocycles. The first kappa shape index (κ1) is 20.1. The average molecular weight is 416 g/mol. The quantitative estimate of drug-likeness (QED) is 0.482. The first-order valence-electron chi connectivity index (χ1n) is 8.66. The molecular formula is C22H19Cl2NO3. The van der Waals surface area contributed by atoms with E-state index in [2.05, 4.69) is 5.32 Å². The fourth-order valence-corrected chi connectivity index (χ4v) is 3.12. The molecule has 0 amide bonds. The minimum atomic E-state index is -1.06. The number of ether oxygens (including phenoxy) is 1. The molecule has 0 saturated heterocycles. The van der Waals surface area contributed by atoms with Crippen molar-refractivity contribution in [3.63, 3.8) is 0 Å². The molecule has 0 fully saturated rings. The van der Waals surface area contributed by atoms with Gasteiger partial charge in [0.1, 0.15) is 12.4 Å². The minimum Gasteiger partial charge on any atom is -0.489 e. The summed E-state index contributed by atoms with van der Waals surface area (Å²) in [6, 6.07) is 18.4. The SMILES string of the molecule is Cc1ccc(COc2ccc(Cl)cc2CNc2ccc(C(=O)O)c(Cl)c2)cc1. The summed E-state index contributed by atoms with van der Waals surface area (Å²) < 4.78 is 5.98. The Bertz CT molecular complexity index is 988. The zero-order chi connectivity index (χ0) is 20.1. The van der Waals surface area contributed by atoms with E-state index in [1.54, 1.807) is 18.2 Å². The summed E-state index contributed by atoms with van der Waals surface area (Å²) in [5, 5.41) is 13.1. The van der Waals surface area contributed by atoms with Gasteiger partial charge in [-0.05, 0) is 48.9 Å². The molecule has 3 rings (SSSR count). The second kappa shape index (κ2) is 9.00. The van der Waals surface area contributed by atoms with Crippen molar-refractivity contribution in [2.45, 2.75) is 20.1 Å². The lowest BCUT2D eigenvalue weighted by Crippen LogP contribution is -2.05. The van der Waals surface area contributed by atoms with Crippen molar-refractivity contribution < 1.29 is 14.6 Å². The number of carbonyl (C=O) groups is 1. The predicted molar refractivity (Wildman–Crippen MR) is 113 cm³/mol. The Morgan fingerprint density at radius 3 is 2.46 bits per heavy atom. The lowest BCUT2D eigenvalue weighted by Gasteiger charge is -2.14. The van der Waals surface area contributed by atoms with Crippen LogP contribution in [0.1, 0.15) is 27.0 Å². The van der Waals surface area contributed by atoms with Crippen molar-refractivity contribution in [3.8, 4) is 5.75 Å². The number of aryl methyl sites for hydroxylation is 1. The Balaban J connectivity index is 1.71. The van der Waals surface area contributed by atoms with Gasteiger partial charge >= 0.3 is 5.97 Å². The molecule has 3 aromatic carbocycles. The van der Waals surface area contributed by atoms with Crippen LogP contribution in [0, 0.1) is 6.92 Å². The molecular weight excluding hydrogens is 397 g/mol. The molecule has 0 aliphatic heterocycles. The van der Waals surface area contributed by atoms with E-state index in [1.807, 2.05) is 43.3 Å². The number of anilines is 1. The maximum absolute atomic E-state index is 11.1. The number of carboxylic acid groups (broad SMARTS) is 1. The highest BCUT2D eigenvalue weighted by Crippen LogP contribution is 2.26. The van der Waals surface area contributed by atoms with Gasteiger partial charge in [-0.3, -0.25) is 0 Å². The number of aromatic carboxylic acids is 1. The third kappa shape index (κ3) is 5.18. The van der Waals surface area contributed by atoms with Crippen LogP contribution in [0.2, 0.25) is 10.0 Å². The summed E-state index contributed by atoms with van der Waals surface area (Å²) in [5.41, 5.74) is 3.94. The molecule has 0 radical (unpaired) electrons. The molecule has 0 aliphatic carbocycles. The van der Waals surface area contributed by atoms with Gasteiger partial charge in [0.2, 0.25) is 0 Å². The molecule has 2 N–H and O–H groups in total. The van der Waals surface area contributed by atoms with Crippen LogP contribution in [-0.2, 0) is 13.2 Å². The highest BCUT2D eigenvalue weighted by atomic mass is 35.5. The molecule has 0 atom stereocenters. The second-order valence-corrected chi connectivity index (χ2v) is 7.22. The zero-order valence-corrected chi connectivity index (χ0v) is 16.7. The molecule has 0 spiro atoms. The van der Waals surface area contributed by atoms with Crippen molar-refractivity contribution in [1.29, 1.82) is 0 Å². The molecule has 3 aromatic rings. The van der Waals surface area contributed by atoms with Gasteiger partial charge in [-0.2, -0.15) is 0 Å². The van der Waals surface area contributed by atoms with Crippen molar-refractivity contribution in [1.82, 2.24) is 0 Å². The summed E-state index contributed by atoms with van der Waals surface area (Å²) in [7, 11) is 0. The Morgan fingerprint density at radius 1 is 1.04 bits per heavy atom. The summed E-state index contributed by atoms with van der Waals surface area (Å²) in [6.45, 7) is 2.95. The lowest BCUT2D eigenvalue weighted by molar-refractivity contribution is 0.0697. The number of hydrogen-bond donors (Lipinski definition) is 2. The molecule has 0 bridgehead atoms. The number of rotatable bonds is 7. The molecule has 0 unspecified atom stereocenters. The second-order valence-electron chi connectivity index (χ2n) is 6.38. The first-order chi connectivity index (χ1) is 13.4. The maximum Gasteiger partial charge on any atom is 0.337 e. The van der Waals surface area contributed by atoms with E-state index in [0.29, 0.717) is 23.9 Å². The number of hydrogen-bond acceptors (Lipinski definition) is 3. The van der Waals surface area contributed by atoms with Crippen molar-refractivity contribution in [3.05, 3.63) is 93.0 Å². The van der Waals surface area contributed by atoms with Gasteiger partial charge in [-0.25, -0.2) is 4.79 Å². The summed E-state index contributed by atoms with van der Waals surface area (Å²) in [5.74, 6) is -0.330. The average Bonchev–Trinajstić information content (AvgIpc) is 2.66. The van der Waals surface area contributed by atoms with E-state index < -0.39 is 5.97 Å². The van der Waals surface area contributed by atoms with Crippen LogP contribution < -0.4 is 10.1 Å². The number of halogens is 2. The third-order valence-electron chi connectivity index (χ3n) is 4.22. The number of nitrogens with one attached hydrogen (secondary N) is 1. The summed E-state index contributed by atoms with van der Waals surface area (Å²) in [6.07, 6.45) is 0. The van der Waals surface area contributed by atoms with Crippen molar-refractivity contribution in [2.75, 3.05) is 5.32 Å². The summed E-state index contributed by atoms with van der Waals surface area (Å²) in [4.78, 5) is 11.1. The predicted octanol–water partition coefficient (Wildman–Crippen LogP) is 6.19. The largest absolute Gasteiger partial charge is 0.489 e. The highest BCUT2D eigenvalue weighted by Gasteiger charge is 2.10. The Hall–Kier alpha value is -2.69.